The first kappa shape index (κ1) is 37.7. The first-order valence-corrected chi connectivity index (χ1v) is 23.0. The van der Waals surface area contributed by atoms with E-state index >= 15 is 0 Å². The molecule has 1 aliphatic heterocycles. The van der Waals surface area contributed by atoms with Crippen molar-refractivity contribution in [2.45, 2.75) is 37.2 Å². The average molecular weight is 836 g/mol. The molecule has 1 heterocycles. The summed E-state index contributed by atoms with van der Waals surface area (Å²) in [5.74, 6) is 2.39. The maximum atomic E-state index is 7.07. The van der Waals surface area contributed by atoms with E-state index in [0.717, 1.165) is 71.1 Å². The first-order valence-electron chi connectivity index (χ1n) is 23.0. The summed E-state index contributed by atoms with van der Waals surface area (Å²) in [5, 5.41) is 0. The fraction of sp³-hybridized carbons (Fsp3) is 0.0968. The molecule has 0 bridgehead atoms. The maximum Gasteiger partial charge on any atom is 0.169 e. The Balaban J connectivity index is 0.856. The molecule has 2 unspecified atom stereocenters. The number of para-hydroxylation sites is 2. The fourth-order valence-electron chi connectivity index (χ4n) is 11.5. The van der Waals surface area contributed by atoms with Crippen molar-refractivity contribution in [3.63, 3.8) is 0 Å². The Labute approximate surface area is 380 Å². The number of hydrogen-bond acceptors (Lipinski definition) is 3. The van der Waals surface area contributed by atoms with Crippen molar-refractivity contribution in [3.8, 4) is 33.8 Å². The summed E-state index contributed by atoms with van der Waals surface area (Å²) < 4.78 is 14.0. The molecule has 3 nitrogen and oxygen atoms in total. The zero-order valence-electron chi connectivity index (χ0n) is 36.0. The van der Waals surface area contributed by atoms with E-state index in [2.05, 4.69) is 223 Å². The van der Waals surface area contributed by atoms with Crippen molar-refractivity contribution in [3.05, 3.63) is 269 Å². The molecule has 0 fully saturated rings. The van der Waals surface area contributed by atoms with E-state index in [1.54, 1.807) is 0 Å². The van der Waals surface area contributed by atoms with Crippen molar-refractivity contribution in [1.29, 1.82) is 0 Å². The first-order chi connectivity index (χ1) is 32.2. The van der Waals surface area contributed by atoms with E-state index < -0.39 is 0 Å². The predicted molar refractivity (Wildman–Crippen MR) is 266 cm³/mol. The quantitative estimate of drug-likeness (QED) is 0.167. The second-order valence-corrected chi connectivity index (χ2v) is 17.6. The summed E-state index contributed by atoms with van der Waals surface area (Å²) in [6.45, 7) is 0. The number of ether oxygens (including phenoxy) is 2. The molecule has 0 radical (unpaired) electrons. The minimum atomic E-state index is -0.360. The van der Waals surface area contributed by atoms with Gasteiger partial charge in [0.15, 0.2) is 17.6 Å². The van der Waals surface area contributed by atoms with E-state index in [9.17, 15) is 0 Å². The van der Waals surface area contributed by atoms with Crippen LogP contribution in [0.25, 0.3) is 39.0 Å². The van der Waals surface area contributed by atoms with Crippen LogP contribution >= 0.6 is 0 Å². The van der Waals surface area contributed by atoms with E-state index in [-0.39, 0.29) is 11.5 Å². The number of allylic oxidation sites excluding steroid dienone is 11. The monoisotopic (exact) mass is 835 g/mol. The van der Waals surface area contributed by atoms with Crippen molar-refractivity contribution < 1.29 is 9.47 Å². The minimum Gasteiger partial charge on any atom is -0.478 e. The Hall–Kier alpha value is -7.88. The second kappa shape index (κ2) is 15.1. The number of benzene rings is 7. The van der Waals surface area contributed by atoms with Crippen LogP contribution in [0, 0.1) is 0 Å². The Morgan fingerprint density at radius 3 is 2.00 bits per heavy atom. The molecular weight excluding hydrogens is 791 g/mol. The van der Waals surface area contributed by atoms with Gasteiger partial charge >= 0.3 is 0 Å². The lowest BCUT2D eigenvalue weighted by Crippen LogP contribution is -2.33. The van der Waals surface area contributed by atoms with E-state index in [4.69, 9.17) is 9.47 Å². The van der Waals surface area contributed by atoms with Crippen molar-refractivity contribution in [1.82, 2.24) is 0 Å². The molecule has 0 saturated heterocycles. The molecule has 1 spiro atoms. The Kier molecular flexibility index (Phi) is 8.77. The Morgan fingerprint density at radius 1 is 0.523 bits per heavy atom. The molecule has 0 saturated carbocycles. The summed E-state index contributed by atoms with van der Waals surface area (Å²) in [6.07, 6.45) is 19.7. The van der Waals surface area contributed by atoms with Crippen LogP contribution in [0.2, 0.25) is 0 Å². The summed E-state index contributed by atoms with van der Waals surface area (Å²) in [4.78, 5) is 2.38. The molecule has 3 heteroatoms. The number of fused-ring (bicyclic) bond motifs is 10. The van der Waals surface area contributed by atoms with E-state index in [1.165, 1.54) is 66.8 Å². The van der Waals surface area contributed by atoms with Gasteiger partial charge in [-0.05, 0) is 134 Å². The highest BCUT2D eigenvalue weighted by molar-refractivity contribution is 5.97. The third-order valence-corrected chi connectivity index (χ3v) is 14.2. The van der Waals surface area contributed by atoms with Gasteiger partial charge in [0.2, 0.25) is 0 Å². The Morgan fingerprint density at radius 2 is 1.20 bits per heavy atom. The van der Waals surface area contributed by atoms with Gasteiger partial charge in [-0.25, -0.2) is 0 Å². The van der Waals surface area contributed by atoms with Gasteiger partial charge in [-0.2, -0.15) is 0 Å². The van der Waals surface area contributed by atoms with Crippen molar-refractivity contribution >= 4 is 28.1 Å². The zero-order chi connectivity index (χ0) is 42.9. The Bertz CT molecular complexity index is 3320. The molecule has 13 rings (SSSR count). The summed E-state index contributed by atoms with van der Waals surface area (Å²) in [5.41, 5.74) is 21.0. The maximum absolute atomic E-state index is 7.07. The molecule has 7 aromatic rings. The normalized spacial score (nSPS) is 19.6. The number of anilines is 2. The van der Waals surface area contributed by atoms with Gasteiger partial charge in [-0.1, -0.05) is 176 Å². The van der Waals surface area contributed by atoms with Crippen LogP contribution in [0.1, 0.15) is 53.5 Å². The van der Waals surface area contributed by atoms with Gasteiger partial charge in [0.05, 0.1) is 11.1 Å². The molecule has 7 aromatic carbocycles. The van der Waals surface area contributed by atoms with Crippen molar-refractivity contribution in [2.24, 2.45) is 0 Å². The third kappa shape index (κ3) is 5.89. The van der Waals surface area contributed by atoms with Gasteiger partial charge in [0, 0.05) is 23.4 Å². The van der Waals surface area contributed by atoms with Crippen LogP contribution in [-0.2, 0) is 5.41 Å². The summed E-state index contributed by atoms with van der Waals surface area (Å²) >= 11 is 0. The molecule has 65 heavy (non-hydrogen) atoms. The summed E-state index contributed by atoms with van der Waals surface area (Å²) in [6, 6.07) is 63.4. The van der Waals surface area contributed by atoms with Crippen LogP contribution in [-0.4, -0.2) is 6.10 Å². The molecule has 2 atom stereocenters. The third-order valence-electron chi connectivity index (χ3n) is 14.2. The van der Waals surface area contributed by atoms with Gasteiger partial charge in [0.1, 0.15) is 5.76 Å². The average Bonchev–Trinajstić information content (AvgIpc) is 3.69. The van der Waals surface area contributed by atoms with E-state index in [1.807, 2.05) is 0 Å². The standard InChI is InChI=1S/C62H45NO2/c1-3-18-41(19-4-1)46-24-7-8-25-47(46)42-20-17-23-45(36-34-42)63(44-21-5-2-6-22-44)57-33-16-12-26-48(57)43-35-37-58-59(38-43)65-60-39-52-51-29-11-15-32-55(51)62(56(52)40-61(60)64-58)53-30-13-9-27-49(53)50-28-10-14-31-54(50)62/h1-9,11-16,18-27,29-38,40,60H,10,17,28,39H2. The van der Waals surface area contributed by atoms with Crippen LogP contribution < -0.4 is 14.4 Å². The van der Waals surface area contributed by atoms with Crippen LogP contribution in [0.4, 0.5) is 11.4 Å². The second-order valence-electron chi connectivity index (χ2n) is 17.6. The smallest absolute Gasteiger partial charge is 0.169 e. The van der Waals surface area contributed by atoms with E-state index in [0.29, 0.717) is 0 Å². The lowest BCUT2D eigenvalue weighted by atomic mass is 9.67. The van der Waals surface area contributed by atoms with Crippen LogP contribution in [0.15, 0.2) is 241 Å². The van der Waals surface area contributed by atoms with Gasteiger partial charge in [-0.15, -0.1) is 0 Å². The highest BCUT2D eigenvalue weighted by atomic mass is 16.6. The highest BCUT2D eigenvalue weighted by Gasteiger charge is 2.54. The number of rotatable bonds is 6. The fourth-order valence-corrected chi connectivity index (χ4v) is 11.5. The minimum absolute atomic E-state index is 0.238. The number of hydrogen-bond donors (Lipinski definition) is 0. The predicted octanol–water partition coefficient (Wildman–Crippen LogP) is 15.4. The molecule has 6 aliphatic rings. The molecule has 0 amide bonds. The molecular formula is C62H45NO2. The molecule has 310 valence electrons. The lowest BCUT2D eigenvalue weighted by Gasteiger charge is -2.37. The van der Waals surface area contributed by atoms with Gasteiger partial charge in [0.25, 0.3) is 0 Å². The largest absolute Gasteiger partial charge is 0.478 e. The van der Waals surface area contributed by atoms with Crippen LogP contribution in [0.5, 0.6) is 11.5 Å². The topological polar surface area (TPSA) is 21.7 Å². The van der Waals surface area contributed by atoms with Crippen molar-refractivity contribution in [2.75, 3.05) is 4.90 Å². The molecule has 0 N–H and O–H groups in total. The highest BCUT2D eigenvalue weighted by Crippen LogP contribution is 2.64. The number of nitrogens with zero attached hydrogens (tertiary/aromatic N) is 1. The zero-order valence-corrected chi connectivity index (χ0v) is 36.0. The van der Waals surface area contributed by atoms with Gasteiger partial charge < -0.3 is 14.4 Å². The lowest BCUT2D eigenvalue weighted by molar-refractivity contribution is 0.148. The SMILES string of the molecule is C1=CC2=C(CC1)c1ccccc1C21C2=C(CC3Oc4cc(-c5ccccc5N(C5=CCC=C(c6ccccc6-c6ccccc6)C=C5)c5ccccc5)ccc4OC3=C2)c2ccccc21. The van der Waals surface area contributed by atoms with Gasteiger partial charge in [-0.3, -0.25) is 0 Å². The molecule has 0 aromatic heterocycles. The summed E-state index contributed by atoms with van der Waals surface area (Å²) in [7, 11) is 0. The molecule has 5 aliphatic carbocycles. The van der Waals surface area contributed by atoms with Crippen LogP contribution in [0.3, 0.4) is 0 Å².